The van der Waals surface area contributed by atoms with Crippen molar-refractivity contribution in [2.45, 2.75) is 33.6 Å². The zero-order valence-corrected chi connectivity index (χ0v) is 14.8. The van der Waals surface area contributed by atoms with Crippen LogP contribution in [-0.2, 0) is 17.6 Å². The topological polar surface area (TPSA) is 70.7 Å². The van der Waals surface area contributed by atoms with Crippen molar-refractivity contribution < 1.29 is 4.79 Å². The van der Waals surface area contributed by atoms with Crippen molar-refractivity contribution in [3.05, 3.63) is 76.4 Å². The van der Waals surface area contributed by atoms with E-state index < -0.39 is 0 Å². The van der Waals surface area contributed by atoms with E-state index in [0.29, 0.717) is 12.2 Å². The second-order valence-corrected chi connectivity index (χ2v) is 6.41. The third-order valence-corrected chi connectivity index (χ3v) is 4.02. The Hall–Kier alpha value is -2.95. The number of aromatic nitrogens is 3. The molecule has 5 heteroatoms. The summed E-state index contributed by atoms with van der Waals surface area (Å²) in [5.74, 6) is 1.15. The summed E-state index contributed by atoms with van der Waals surface area (Å²) in [6, 6.07) is 14.3. The van der Waals surface area contributed by atoms with Crippen molar-refractivity contribution in [2.24, 2.45) is 0 Å². The molecular formula is C20H22N4O. The molecule has 0 aliphatic heterocycles. The summed E-state index contributed by atoms with van der Waals surface area (Å²) in [6.45, 7) is 6.04. The van der Waals surface area contributed by atoms with Crippen LogP contribution in [-0.4, -0.2) is 21.1 Å². The first-order valence-corrected chi connectivity index (χ1v) is 8.32. The van der Waals surface area contributed by atoms with Crippen LogP contribution in [0.5, 0.6) is 0 Å². The minimum atomic E-state index is -0.116. The van der Waals surface area contributed by atoms with Crippen molar-refractivity contribution in [3.63, 3.8) is 0 Å². The van der Waals surface area contributed by atoms with Crippen LogP contribution in [0.4, 0.5) is 5.69 Å². The van der Waals surface area contributed by atoms with E-state index in [2.05, 4.69) is 45.6 Å². The monoisotopic (exact) mass is 334 g/mol. The van der Waals surface area contributed by atoms with Gasteiger partial charge in [0, 0.05) is 12.1 Å². The first kappa shape index (κ1) is 16.9. The zero-order chi connectivity index (χ0) is 17.8. The number of H-pyrrole nitrogens is 1. The summed E-state index contributed by atoms with van der Waals surface area (Å²) in [7, 11) is 0. The molecule has 2 N–H and O–H groups in total. The number of hydrogen-bond donors (Lipinski definition) is 2. The van der Waals surface area contributed by atoms with Crippen LogP contribution in [0.25, 0.3) is 0 Å². The van der Waals surface area contributed by atoms with Gasteiger partial charge < -0.3 is 5.32 Å². The Morgan fingerprint density at radius 1 is 1.08 bits per heavy atom. The first-order valence-electron chi connectivity index (χ1n) is 8.32. The van der Waals surface area contributed by atoms with Gasteiger partial charge in [-0.15, -0.1) is 0 Å². The first-order chi connectivity index (χ1) is 12.0. The van der Waals surface area contributed by atoms with E-state index in [1.165, 1.54) is 11.1 Å². The molecule has 0 saturated heterocycles. The fraction of sp³-hybridized carbons (Fsp3) is 0.250. The molecule has 0 saturated carbocycles. The molecule has 0 fully saturated rings. The highest BCUT2D eigenvalue weighted by Crippen LogP contribution is 2.16. The van der Waals surface area contributed by atoms with E-state index >= 15 is 0 Å². The Kier molecular flexibility index (Phi) is 4.93. The largest absolute Gasteiger partial charge is 0.325 e. The third kappa shape index (κ3) is 4.53. The van der Waals surface area contributed by atoms with Gasteiger partial charge in [-0.05, 0) is 43.5 Å². The lowest BCUT2D eigenvalue weighted by atomic mass is 10.1. The molecule has 0 unspecified atom stereocenters. The molecule has 3 aromatic rings. The number of nitrogens with one attached hydrogen (secondary N) is 2. The quantitative estimate of drug-likeness (QED) is 0.750. The Labute approximate surface area is 147 Å². The average molecular weight is 334 g/mol. The molecule has 1 amide bonds. The van der Waals surface area contributed by atoms with E-state index in [4.69, 9.17) is 0 Å². The molecule has 2 aromatic carbocycles. The fourth-order valence-electron chi connectivity index (χ4n) is 2.72. The standard InChI is InChI=1S/C20H22N4O/c1-13-5-4-6-16(9-13)11-18-22-19(24-23-18)12-20(25)21-17-10-14(2)7-8-15(17)3/h4-10H,11-12H2,1-3H3,(H,21,25)(H,22,23,24). The minimum absolute atomic E-state index is 0.116. The molecule has 1 aromatic heterocycles. The summed E-state index contributed by atoms with van der Waals surface area (Å²) in [5, 5.41) is 10.0. The van der Waals surface area contributed by atoms with E-state index in [1.807, 2.05) is 38.1 Å². The summed E-state index contributed by atoms with van der Waals surface area (Å²) in [6.07, 6.45) is 0.824. The zero-order valence-electron chi connectivity index (χ0n) is 14.8. The van der Waals surface area contributed by atoms with Crippen LogP contribution in [0, 0.1) is 20.8 Å². The van der Waals surface area contributed by atoms with Crippen LogP contribution in [0.3, 0.4) is 0 Å². The molecular weight excluding hydrogens is 312 g/mol. The fourth-order valence-corrected chi connectivity index (χ4v) is 2.72. The second-order valence-electron chi connectivity index (χ2n) is 6.41. The Balaban J connectivity index is 1.62. The van der Waals surface area contributed by atoms with Crippen LogP contribution >= 0.6 is 0 Å². The number of nitrogens with zero attached hydrogens (tertiary/aromatic N) is 2. The van der Waals surface area contributed by atoms with Gasteiger partial charge >= 0.3 is 0 Å². The van der Waals surface area contributed by atoms with Gasteiger partial charge in [-0.25, -0.2) is 4.98 Å². The summed E-state index contributed by atoms with van der Waals surface area (Å²) < 4.78 is 0. The number of aryl methyl sites for hydroxylation is 3. The van der Waals surface area contributed by atoms with Gasteiger partial charge in [-0.1, -0.05) is 42.0 Å². The highest BCUT2D eigenvalue weighted by Gasteiger charge is 2.11. The van der Waals surface area contributed by atoms with Crippen molar-refractivity contribution >= 4 is 11.6 Å². The molecule has 0 bridgehead atoms. The van der Waals surface area contributed by atoms with Crippen LogP contribution < -0.4 is 5.32 Å². The Morgan fingerprint density at radius 3 is 2.68 bits per heavy atom. The maximum Gasteiger partial charge on any atom is 0.232 e. The molecule has 3 rings (SSSR count). The lowest BCUT2D eigenvalue weighted by Gasteiger charge is -2.08. The predicted octanol–water partition coefficient (Wildman–Crippen LogP) is 3.50. The number of amides is 1. The molecule has 0 aliphatic carbocycles. The Bertz CT molecular complexity index is 898. The smallest absolute Gasteiger partial charge is 0.232 e. The molecule has 128 valence electrons. The summed E-state index contributed by atoms with van der Waals surface area (Å²) in [4.78, 5) is 16.7. The number of carbonyl (C=O) groups is 1. The van der Waals surface area contributed by atoms with Crippen molar-refractivity contribution in [1.29, 1.82) is 0 Å². The lowest BCUT2D eigenvalue weighted by molar-refractivity contribution is -0.115. The van der Waals surface area contributed by atoms with Crippen LogP contribution in [0.15, 0.2) is 42.5 Å². The van der Waals surface area contributed by atoms with Crippen molar-refractivity contribution in [2.75, 3.05) is 5.32 Å². The number of rotatable bonds is 5. The van der Waals surface area contributed by atoms with E-state index in [1.54, 1.807) is 0 Å². The van der Waals surface area contributed by atoms with Crippen molar-refractivity contribution in [1.82, 2.24) is 15.2 Å². The van der Waals surface area contributed by atoms with Gasteiger partial charge in [0.15, 0.2) is 5.82 Å². The molecule has 25 heavy (non-hydrogen) atoms. The molecule has 0 radical (unpaired) electrons. The summed E-state index contributed by atoms with van der Waals surface area (Å²) >= 11 is 0. The van der Waals surface area contributed by atoms with Gasteiger partial charge in [0.2, 0.25) is 5.91 Å². The van der Waals surface area contributed by atoms with Crippen LogP contribution in [0.1, 0.15) is 33.9 Å². The lowest BCUT2D eigenvalue weighted by Crippen LogP contribution is -2.16. The number of carbonyl (C=O) groups excluding carboxylic acids is 1. The normalized spacial score (nSPS) is 10.7. The van der Waals surface area contributed by atoms with E-state index in [-0.39, 0.29) is 12.3 Å². The van der Waals surface area contributed by atoms with Gasteiger partial charge in [0.1, 0.15) is 5.82 Å². The number of hydrogen-bond acceptors (Lipinski definition) is 3. The molecule has 1 heterocycles. The molecule has 0 aliphatic rings. The highest BCUT2D eigenvalue weighted by molar-refractivity contribution is 5.92. The molecule has 0 spiro atoms. The number of aromatic amines is 1. The van der Waals surface area contributed by atoms with Crippen molar-refractivity contribution in [3.8, 4) is 0 Å². The molecule has 5 nitrogen and oxygen atoms in total. The van der Waals surface area contributed by atoms with E-state index in [9.17, 15) is 4.79 Å². The van der Waals surface area contributed by atoms with Gasteiger partial charge in [0.25, 0.3) is 0 Å². The second kappa shape index (κ2) is 7.30. The summed E-state index contributed by atoms with van der Waals surface area (Å²) in [5.41, 5.74) is 5.36. The number of anilines is 1. The highest BCUT2D eigenvalue weighted by atomic mass is 16.1. The molecule has 0 atom stereocenters. The van der Waals surface area contributed by atoms with Gasteiger partial charge in [-0.2, -0.15) is 5.10 Å². The minimum Gasteiger partial charge on any atom is -0.325 e. The van der Waals surface area contributed by atoms with Gasteiger partial charge in [-0.3, -0.25) is 9.89 Å². The maximum atomic E-state index is 12.3. The number of benzene rings is 2. The SMILES string of the molecule is Cc1cccc(Cc2nc(CC(=O)Nc3cc(C)ccc3C)n[nH]2)c1. The Morgan fingerprint density at radius 2 is 1.88 bits per heavy atom. The van der Waals surface area contributed by atoms with Crippen LogP contribution in [0.2, 0.25) is 0 Å². The van der Waals surface area contributed by atoms with E-state index in [0.717, 1.165) is 22.6 Å². The van der Waals surface area contributed by atoms with Gasteiger partial charge in [0.05, 0.1) is 6.42 Å². The average Bonchev–Trinajstić information content (AvgIpc) is 2.97. The third-order valence-electron chi connectivity index (χ3n) is 4.02. The maximum absolute atomic E-state index is 12.3. The predicted molar refractivity (Wildman–Crippen MR) is 98.6 cm³/mol.